The van der Waals surface area contributed by atoms with Crippen LogP contribution in [0, 0.1) is 0 Å². The van der Waals surface area contributed by atoms with Gasteiger partial charge in [-0.15, -0.1) is 0 Å². The Morgan fingerprint density at radius 3 is 1.48 bits per heavy atom. The van der Waals surface area contributed by atoms with Gasteiger partial charge in [-0.05, 0) is 59.4 Å². The number of hydrogen-bond donors (Lipinski definition) is 2. The van der Waals surface area contributed by atoms with Crippen LogP contribution in [-0.2, 0) is 46.0 Å². The summed E-state index contributed by atoms with van der Waals surface area (Å²) in [5.41, 5.74) is 4.26. The first-order valence-electron chi connectivity index (χ1n) is 9.33. The highest BCUT2D eigenvalue weighted by molar-refractivity contribution is 7.89. The Kier molecular flexibility index (Phi) is 5.26. The fourth-order valence-corrected chi connectivity index (χ4v) is 5.19. The Hall–Kier alpha value is -1.82. The number of nitrogens with two attached hydrogens (primary N) is 2. The predicted octanol–water partition coefficient (Wildman–Crippen LogP) is 0.355. The van der Waals surface area contributed by atoms with E-state index in [0.717, 1.165) is 54.9 Å². The Morgan fingerprint density at radius 1 is 0.690 bits per heavy atom. The molecule has 0 spiro atoms. The van der Waals surface area contributed by atoms with E-state index in [2.05, 4.69) is 9.80 Å². The summed E-state index contributed by atoms with van der Waals surface area (Å²) in [6.45, 7) is 3.78. The standard InChI is InChI=1S/C19H24N4O4S2/c20-28(24,25)18-3-1-14-5-7-22(11-16(14)9-18)13-23-8-6-15-2-4-19(29(21,26)27)10-17(15)12-23/h1-4,9-10H,5-8,11-13H2,(H2,20,24,25)(H2,21,26,27). The van der Waals surface area contributed by atoms with Crippen LogP contribution in [-0.4, -0.2) is 46.4 Å². The van der Waals surface area contributed by atoms with Crippen molar-refractivity contribution in [1.29, 1.82) is 0 Å². The van der Waals surface area contributed by atoms with Gasteiger partial charge < -0.3 is 0 Å². The summed E-state index contributed by atoms with van der Waals surface area (Å²) in [6.07, 6.45) is 1.69. The van der Waals surface area contributed by atoms with Gasteiger partial charge in [0.1, 0.15) is 0 Å². The molecule has 0 saturated heterocycles. The molecule has 2 heterocycles. The zero-order chi connectivity index (χ0) is 20.8. The molecule has 0 radical (unpaired) electrons. The zero-order valence-corrected chi connectivity index (χ0v) is 17.5. The average molecular weight is 437 g/mol. The first-order chi connectivity index (χ1) is 13.6. The van der Waals surface area contributed by atoms with Crippen LogP contribution in [0.5, 0.6) is 0 Å². The molecule has 0 fully saturated rings. The first-order valence-corrected chi connectivity index (χ1v) is 12.4. The molecule has 10 heteroatoms. The average Bonchev–Trinajstić information content (AvgIpc) is 2.65. The van der Waals surface area contributed by atoms with Crippen LogP contribution in [0.4, 0.5) is 0 Å². The Labute approximate surface area is 171 Å². The highest BCUT2D eigenvalue weighted by Gasteiger charge is 2.23. The van der Waals surface area contributed by atoms with Crippen molar-refractivity contribution < 1.29 is 16.8 Å². The molecule has 0 aliphatic carbocycles. The molecule has 8 nitrogen and oxygen atoms in total. The van der Waals surface area contributed by atoms with Crippen LogP contribution < -0.4 is 10.3 Å². The van der Waals surface area contributed by atoms with Gasteiger partial charge in [-0.3, -0.25) is 9.80 Å². The SMILES string of the molecule is NS(=O)(=O)c1ccc2c(c1)CN(CN1CCc3ccc(S(N)(=O)=O)cc3C1)CC2. The van der Waals surface area contributed by atoms with E-state index in [1.165, 1.54) is 0 Å². The van der Waals surface area contributed by atoms with Crippen LogP contribution in [0.15, 0.2) is 46.2 Å². The molecule has 2 aromatic carbocycles. The van der Waals surface area contributed by atoms with Gasteiger partial charge >= 0.3 is 0 Å². The minimum atomic E-state index is -3.72. The highest BCUT2D eigenvalue weighted by atomic mass is 32.2. The van der Waals surface area contributed by atoms with Crippen molar-refractivity contribution in [1.82, 2.24) is 9.80 Å². The van der Waals surface area contributed by atoms with Crippen molar-refractivity contribution in [3.63, 3.8) is 0 Å². The molecule has 2 aliphatic heterocycles. The van der Waals surface area contributed by atoms with E-state index in [1.807, 2.05) is 12.1 Å². The van der Waals surface area contributed by atoms with Crippen molar-refractivity contribution in [2.24, 2.45) is 10.3 Å². The Balaban J connectivity index is 1.48. The third-order valence-electron chi connectivity index (χ3n) is 5.60. The van der Waals surface area contributed by atoms with Crippen LogP contribution >= 0.6 is 0 Å². The summed E-state index contributed by atoms with van der Waals surface area (Å²) in [4.78, 5) is 4.81. The summed E-state index contributed by atoms with van der Waals surface area (Å²) in [7, 11) is -7.44. The molecule has 0 amide bonds. The molecular formula is C19H24N4O4S2. The maximum atomic E-state index is 11.6. The molecule has 0 saturated carbocycles. The molecule has 4 N–H and O–H groups in total. The molecule has 156 valence electrons. The fourth-order valence-electron chi connectivity index (χ4n) is 4.06. The molecule has 0 atom stereocenters. The highest BCUT2D eigenvalue weighted by Crippen LogP contribution is 2.25. The summed E-state index contributed by atoms with van der Waals surface area (Å²) in [5.74, 6) is 0. The van der Waals surface area contributed by atoms with E-state index >= 15 is 0 Å². The van der Waals surface area contributed by atoms with Gasteiger partial charge in [0, 0.05) is 26.2 Å². The fraction of sp³-hybridized carbons (Fsp3) is 0.368. The largest absolute Gasteiger partial charge is 0.286 e. The van der Waals surface area contributed by atoms with E-state index in [1.54, 1.807) is 24.3 Å². The number of benzene rings is 2. The second kappa shape index (κ2) is 7.46. The van der Waals surface area contributed by atoms with Crippen LogP contribution in [0.25, 0.3) is 0 Å². The monoisotopic (exact) mass is 436 g/mol. The van der Waals surface area contributed by atoms with E-state index in [0.29, 0.717) is 13.1 Å². The third kappa shape index (κ3) is 4.52. The zero-order valence-electron chi connectivity index (χ0n) is 15.9. The van der Waals surface area contributed by atoms with E-state index in [4.69, 9.17) is 10.3 Å². The number of sulfonamides is 2. The second-order valence-electron chi connectivity index (χ2n) is 7.70. The van der Waals surface area contributed by atoms with Crippen molar-refractivity contribution in [2.75, 3.05) is 19.8 Å². The van der Waals surface area contributed by atoms with Crippen molar-refractivity contribution in [2.45, 2.75) is 35.7 Å². The summed E-state index contributed by atoms with van der Waals surface area (Å²) < 4.78 is 46.5. The maximum Gasteiger partial charge on any atom is 0.238 e. The molecule has 2 aromatic rings. The molecule has 0 aromatic heterocycles. The smallest absolute Gasteiger partial charge is 0.238 e. The van der Waals surface area contributed by atoms with Gasteiger partial charge in [0.05, 0.1) is 16.5 Å². The van der Waals surface area contributed by atoms with E-state index in [9.17, 15) is 16.8 Å². The second-order valence-corrected chi connectivity index (χ2v) is 10.8. The first kappa shape index (κ1) is 20.5. The number of fused-ring (bicyclic) bond motifs is 2. The lowest BCUT2D eigenvalue weighted by Crippen LogP contribution is -2.42. The van der Waals surface area contributed by atoms with Gasteiger partial charge in [-0.1, -0.05) is 12.1 Å². The van der Waals surface area contributed by atoms with Gasteiger partial charge in [-0.25, -0.2) is 27.1 Å². The van der Waals surface area contributed by atoms with E-state index < -0.39 is 20.0 Å². The number of rotatable bonds is 4. The van der Waals surface area contributed by atoms with Crippen molar-refractivity contribution in [3.05, 3.63) is 58.7 Å². The van der Waals surface area contributed by atoms with Crippen LogP contribution in [0.1, 0.15) is 22.3 Å². The Bertz CT molecular complexity index is 1070. The summed E-state index contributed by atoms with van der Waals surface area (Å²) in [5, 5.41) is 10.5. The van der Waals surface area contributed by atoms with Gasteiger partial charge in [-0.2, -0.15) is 0 Å². The lowest BCUT2D eigenvalue weighted by atomic mass is 9.99. The lowest BCUT2D eigenvalue weighted by molar-refractivity contribution is 0.109. The minimum Gasteiger partial charge on any atom is -0.286 e. The third-order valence-corrected chi connectivity index (χ3v) is 7.42. The van der Waals surface area contributed by atoms with E-state index in [-0.39, 0.29) is 9.79 Å². The van der Waals surface area contributed by atoms with Gasteiger partial charge in [0.15, 0.2) is 0 Å². The molecular weight excluding hydrogens is 412 g/mol. The predicted molar refractivity (Wildman–Crippen MR) is 109 cm³/mol. The summed E-state index contributed by atoms with van der Waals surface area (Å²) in [6, 6.07) is 10.2. The van der Waals surface area contributed by atoms with Gasteiger partial charge in [0.2, 0.25) is 20.0 Å². The van der Waals surface area contributed by atoms with Crippen LogP contribution in [0.3, 0.4) is 0 Å². The number of primary sulfonamides is 2. The molecule has 0 unspecified atom stereocenters. The molecule has 29 heavy (non-hydrogen) atoms. The normalized spacial score (nSPS) is 18.3. The van der Waals surface area contributed by atoms with Gasteiger partial charge in [0.25, 0.3) is 0 Å². The number of nitrogens with zero attached hydrogens (tertiary/aromatic N) is 2. The van der Waals surface area contributed by atoms with Crippen LogP contribution in [0.2, 0.25) is 0 Å². The quantitative estimate of drug-likeness (QED) is 0.712. The number of hydrogen-bond acceptors (Lipinski definition) is 6. The Morgan fingerprint density at radius 2 is 1.10 bits per heavy atom. The molecule has 4 rings (SSSR count). The lowest BCUT2D eigenvalue weighted by Gasteiger charge is -2.36. The molecule has 2 aliphatic rings. The minimum absolute atomic E-state index is 0.139. The maximum absolute atomic E-state index is 11.6. The topological polar surface area (TPSA) is 127 Å². The van der Waals surface area contributed by atoms with Crippen molar-refractivity contribution in [3.8, 4) is 0 Å². The summed E-state index contributed by atoms with van der Waals surface area (Å²) >= 11 is 0. The van der Waals surface area contributed by atoms with Crippen molar-refractivity contribution >= 4 is 20.0 Å². The molecule has 0 bridgehead atoms.